The Bertz CT molecular complexity index is 833. The predicted octanol–water partition coefficient (Wildman–Crippen LogP) is 1.31. The number of rotatable bonds is 2. The third kappa shape index (κ3) is 4.42. The van der Waals surface area contributed by atoms with Gasteiger partial charge in [-0.25, -0.2) is 14.0 Å². The van der Waals surface area contributed by atoms with E-state index in [-0.39, 0.29) is 24.6 Å². The molecule has 0 bridgehead atoms. The Balaban J connectivity index is 0.000000298. The molecule has 0 atom stereocenters. The minimum atomic E-state index is -5.08. The van der Waals surface area contributed by atoms with E-state index in [1.807, 2.05) is 6.07 Å². The van der Waals surface area contributed by atoms with Crippen LogP contribution < -0.4 is 20.4 Å². The van der Waals surface area contributed by atoms with Gasteiger partial charge in [-0.3, -0.25) is 15.0 Å². The van der Waals surface area contributed by atoms with Gasteiger partial charge in [0.15, 0.2) is 0 Å². The maximum atomic E-state index is 14.4. The molecule has 1 spiro atoms. The highest BCUT2D eigenvalue weighted by atomic mass is 19.4. The van der Waals surface area contributed by atoms with Crippen LogP contribution in [0.1, 0.15) is 6.42 Å². The molecule has 0 saturated carbocycles. The van der Waals surface area contributed by atoms with Gasteiger partial charge in [-0.05, 0) is 18.2 Å². The predicted molar refractivity (Wildman–Crippen MR) is 93.1 cm³/mol. The highest BCUT2D eigenvalue weighted by molar-refractivity contribution is 6.05. The summed E-state index contributed by atoms with van der Waals surface area (Å²) >= 11 is 0. The van der Waals surface area contributed by atoms with Gasteiger partial charge in [-0.1, -0.05) is 0 Å². The van der Waals surface area contributed by atoms with Gasteiger partial charge < -0.3 is 15.3 Å². The number of carbonyl (C=O) groups excluding carboxylic acids is 2. The van der Waals surface area contributed by atoms with E-state index in [1.54, 1.807) is 6.07 Å². The van der Waals surface area contributed by atoms with Gasteiger partial charge in [0.1, 0.15) is 5.82 Å². The van der Waals surface area contributed by atoms with Gasteiger partial charge in [0, 0.05) is 50.2 Å². The van der Waals surface area contributed by atoms with Crippen molar-refractivity contribution in [2.45, 2.75) is 12.6 Å². The lowest BCUT2D eigenvalue weighted by molar-refractivity contribution is -0.192. The van der Waals surface area contributed by atoms with Gasteiger partial charge >= 0.3 is 18.2 Å². The Morgan fingerprint density at radius 1 is 1.17 bits per heavy atom. The van der Waals surface area contributed by atoms with Crippen LogP contribution in [0.4, 0.5) is 33.7 Å². The Morgan fingerprint density at radius 3 is 2.24 bits per heavy atom. The number of hydrogen-bond acceptors (Lipinski definition) is 5. The number of benzene rings is 1. The number of imide groups is 1. The Labute approximate surface area is 162 Å². The number of nitrogens with one attached hydrogen (secondary N) is 2. The first kappa shape index (κ1) is 20.8. The number of nitrogens with zero attached hydrogens (tertiary/aromatic N) is 2. The molecule has 0 aliphatic carbocycles. The molecule has 8 nitrogen and oxygen atoms in total. The molecular formula is C17H18F4N4O4. The fourth-order valence-electron chi connectivity index (χ4n) is 3.35. The molecule has 12 heteroatoms. The van der Waals surface area contributed by atoms with Crippen LogP contribution >= 0.6 is 0 Å². The lowest BCUT2D eigenvalue weighted by atomic mass is 9.74. The summed E-state index contributed by atoms with van der Waals surface area (Å²) in [6.07, 6.45) is -4.89. The van der Waals surface area contributed by atoms with Crippen LogP contribution in [0, 0.1) is 11.2 Å². The smallest absolute Gasteiger partial charge is 0.475 e. The molecule has 29 heavy (non-hydrogen) atoms. The van der Waals surface area contributed by atoms with Gasteiger partial charge in [-0.15, -0.1) is 0 Å². The van der Waals surface area contributed by atoms with E-state index in [0.717, 1.165) is 31.9 Å². The molecule has 0 unspecified atom stereocenters. The van der Waals surface area contributed by atoms with Crippen molar-refractivity contribution < 1.29 is 37.1 Å². The maximum Gasteiger partial charge on any atom is 0.490 e. The first-order valence-electron chi connectivity index (χ1n) is 8.67. The SMILES string of the molecule is O=C(O)C(F)(F)F.O=C1CCN(c2ccc(N3CC4(CNC4)C3)cc2F)C(=O)N1. The third-order valence-corrected chi connectivity index (χ3v) is 4.94. The number of alkyl halides is 3. The minimum absolute atomic E-state index is 0.189. The zero-order valence-electron chi connectivity index (χ0n) is 15.1. The molecule has 3 fully saturated rings. The fraction of sp³-hybridized carbons (Fsp3) is 0.471. The van der Waals surface area contributed by atoms with Gasteiger partial charge in [0.2, 0.25) is 5.91 Å². The number of halogens is 4. The van der Waals surface area contributed by atoms with Crippen LogP contribution in [-0.4, -0.2) is 61.9 Å². The minimum Gasteiger partial charge on any atom is -0.475 e. The lowest BCUT2D eigenvalue weighted by Gasteiger charge is -2.57. The van der Waals surface area contributed by atoms with Gasteiger partial charge in [0.05, 0.1) is 5.69 Å². The summed E-state index contributed by atoms with van der Waals surface area (Å²) in [4.78, 5) is 35.3. The number of urea groups is 1. The topological polar surface area (TPSA) is 102 Å². The second-order valence-corrected chi connectivity index (χ2v) is 7.15. The van der Waals surface area contributed by atoms with E-state index in [4.69, 9.17) is 9.90 Å². The number of carboxylic acid groups (broad SMARTS) is 1. The van der Waals surface area contributed by atoms with Crippen LogP contribution in [0.2, 0.25) is 0 Å². The molecule has 3 aliphatic rings. The fourth-order valence-corrected chi connectivity index (χ4v) is 3.35. The van der Waals surface area contributed by atoms with Gasteiger partial charge in [0.25, 0.3) is 0 Å². The molecule has 3 amide bonds. The van der Waals surface area contributed by atoms with Crippen molar-refractivity contribution in [2.75, 3.05) is 42.5 Å². The Hall–Kier alpha value is -2.89. The quantitative estimate of drug-likeness (QED) is 0.627. The normalized spacial score (nSPS) is 20.3. The number of anilines is 2. The number of hydrogen-bond donors (Lipinski definition) is 3. The third-order valence-electron chi connectivity index (χ3n) is 4.94. The zero-order chi connectivity index (χ0) is 21.4. The monoisotopic (exact) mass is 418 g/mol. The molecule has 158 valence electrons. The van der Waals surface area contributed by atoms with E-state index < -0.39 is 24.0 Å². The molecular weight excluding hydrogens is 400 g/mol. The summed E-state index contributed by atoms with van der Waals surface area (Å²) in [5.74, 6) is -3.51. The number of amides is 3. The molecule has 3 heterocycles. The van der Waals surface area contributed by atoms with Crippen molar-refractivity contribution in [2.24, 2.45) is 5.41 Å². The van der Waals surface area contributed by atoms with E-state index in [0.29, 0.717) is 5.41 Å². The standard InChI is InChI=1S/C15H17FN4O2.C2HF3O2/c16-11-5-10(19-8-15(9-19)6-17-7-15)1-2-12(11)20-4-3-13(21)18-14(20)22;3-2(4,5)1(6)7/h1-2,5,17H,3-4,6-9H2,(H,18,21,22);(H,6,7). The maximum absolute atomic E-state index is 14.4. The summed E-state index contributed by atoms with van der Waals surface area (Å²) < 4.78 is 46.1. The molecule has 0 aromatic heterocycles. The molecule has 1 aromatic rings. The van der Waals surface area contributed by atoms with Crippen LogP contribution in [0.3, 0.4) is 0 Å². The van der Waals surface area contributed by atoms with E-state index in [9.17, 15) is 27.2 Å². The highest BCUT2D eigenvalue weighted by Gasteiger charge is 2.47. The molecule has 3 saturated heterocycles. The molecule has 3 aliphatic heterocycles. The number of aliphatic carboxylic acids is 1. The molecule has 0 radical (unpaired) electrons. The second-order valence-electron chi connectivity index (χ2n) is 7.15. The van der Waals surface area contributed by atoms with Crippen molar-refractivity contribution in [1.29, 1.82) is 0 Å². The van der Waals surface area contributed by atoms with E-state index in [2.05, 4.69) is 15.5 Å². The molecule has 3 N–H and O–H groups in total. The number of carbonyl (C=O) groups is 3. The van der Waals surface area contributed by atoms with Crippen LogP contribution in [-0.2, 0) is 9.59 Å². The van der Waals surface area contributed by atoms with Crippen LogP contribution in [0.5, 0.6) is 0 Å². The largest absolute Gasteiger partial charge is 0.490 e. The van der Waals surface area contributed by atoms with Crippen molar-refractivity contribution in [1.82, 2.24) is 10.6 Å². The number of carboxylic acids is 1. The summed E-state index contributed by atoms with van der Waals surface area (Å²) in [5.41, 5.74) is 1.43. The van der Waals surface area contributed by atoms with E-state index >= 15 is 0 Å². The highest BCUT2D eigenvalue weighted by Crippen LogP contribution is 2.38. The first-order chi connectivity index (χ1) is 13.5. The summed E-state index contributed by atoms with van der Waals surface area (Å²) in [6, 6.07) is 4.36. The van der Waals surface area contributed by atoms with Crippen LogP contribution in [0.15, 0.2) is 18.2 Å². The van der Waals surface area contributed by atoms with Crippen molar-refractivity contribution >= 4 is 29.3 Å². The first-order valence-corrected chi connectivity index (χ1v) is 8.67. The molecule has 1 aromatic carbocycles. The van der Waals surface area contributed by atoms with Crippen molar-refractivity contribution in [3.05, 3.63) is 24.0 Å². The van der Waals surface area contributed by atoms with E-state index in [1.165, 1.54) is 11.0 Å². The molecule has 4 rings (SSSR count). The Morgan fingerprint density at radius 2 is 1.79 bits per heavy atom. The van der Waals surface area contributed by atoms with Crippen molar-refractivity contribution in [3.63, 3.8) is 0 Å². The Kier molecular flexibility index (Phi) is 5.39. The summed E-state index contributed by atoms with van der Waals surface area (Å²) in [5, 5.41) is 12.6. The second kappa shape index (κ2) is 7.50. The lowest BCUT2D eigenvalue weighted by Crippen LogP contribution is -2.71. The summed E-state index contributed by atoms with van der Waals surface area (Å²) in [6.45, 7) is 4.16. The zero-order valence-corrected chi connectivity index (χ0v) is 15.1. The van der Waals surface area contributed by atoms with Crippen molar-refractivity contribution in [3.8, 4) is 0 Å². The average molecular weight is 418 g/mol. The van der Waals surface area contributed by atoms with Crippen LogP contribution in [0.25, 0.3) is 0 Å². The van der Waals surface area contributed by atoms with Gasteiger partial charge in [-0.2, -0.15) is 13.2 Å². The summed E-state index contributed by atoms with van der Waals surface area (Å²) in [7, 11) is 0. The average Bonchev–Trinajstić information content (AvgIpc) is 2.53.